The second-order valence-electron chi connectivity index (χ2n) is 6.32. The summed E-state index contributed by atoms with van der Waals surface area (Å²) in [6.45, 7) is 0.0809. The minimum absolute atomic E-state index is 0.197. The molecule has 2 saturated heterocycles. The maximum absolute atomic E-state index is 13.2. The van der Waals surface area contributed by atoms with Crippen molar-refractivity contribution in [3.05, 3.63) is 17.5 Å². The van der Waals surface area contributed by atoms with E-state index < -0.39 is 42.7 Å². The molecule has 10 heteroatoms. The fraction of sp³-hybridized carbons (Fsp3) is 0.714. The van der Waals surface area contributed by atoms with Crippen molar-refractivity contribution in [2.75, 3.05) is 19.6 Å². The van der Waals surface area contributed by atoms with Crippen LogP contribution in [0.15, 0.2) is 6.07 Å². The van der Waals surface area contributed by atoms with Gasteiger partial charge in [-0.15, -0.1) is 0 Å². The Bertz CT molecular complexity index is 615. The highest BCUT2D eigenvalue weighted by atomic mass is 19.4. The number of piperidine rings is 1. The van der Waals surface area contributed by atoms with E-state index in [4.69, 9.17) is 0 Å². The highest BCUT2D eigenvalue weighted by Gasteiger charge is 2.44. The van der Waals surface area contributed by atoms with E-state index in [2.05, 4.69) is 15.5 Å². The first-order valence-corrected chi connectivity index (χ1v) is 7.68. The van der Waals surface area contributed by atoms with Gasteiger partial charge in [0.25, 0.3) is 5.92 Å². The smallest absolute Gasteiger partial charge is 0.341 e. The summed E-state index contributed by atoms with van der Waals surface area (Å²) in [5.74, 6) is -3.64. The van der Waals surface area contributed by atoms with Crippen LogP contribution in [0.4, 0.5) is 22.0 Å². The highest BCUT2D eigenvalue weighted by Crippen LogP contribution is 2.33. The third-order valence-electron chi connectivity index (χ3n) is 4.47. The number of alkyl halides is 5. The lowest BCUT2D eigenvalue weighted by Gasteiger charge is -2.33. The number of carbonyl (C=O) groups excluding carboxylic acids is 1. The Hall–Kier alpha value is -1.71. The summed E-state index contributed by atoms with van der Waals surface area (Å²) in [5.41, 5.74) is -0.692. The SMILES string of the molecule is O=C(C1CC(F)(F)CN1)N1CCCC(c2cc(C(F)(F)F)n[nH]2)C1. The molecule has 0 aliphatic carbocycles. The van der Waals surface area contributed by atoms with Crippen LogP contribution in [0.3, 0.4) is 0 Å². The molecule has 2 atom stereocenters. The van der Waals surface area contributed by atoms with Gasteiger partial charge in [0.1, 0.15) is 0 Å². The number of amides is 1. The molecule has 1 amide bonds. The number of hydrogen-bond donors (Lipinski definition) is 2. The maximum atomic E-state index is 13.2. The summed E-state index contributed by atoms with van der Waals surface area (Å²) in [6, 6.07) is 0.00640. The molecule has 0 saturated carbocycles. The van der Waals surface area contributed by atoms with Crippen molar-refractivity contribution in [3.63, 3.8) is 0 Å². The molecule has 2 unspecified atom stereocenters. The molecule has 0 spiro atoms. The summed E-state index contributed by atoms with van der Waals surface area (Å²) in [4.78, 5) is 13.8. The van der Waals surface area contributed by atoms with E-state index >= 15 is 0 Å². The van der Waals surface area contributed by atoms with Crippen molar-refractivity contribution in [1.82, 2.24) is 20.4 Å². The van der Waals surface area contributed by atoms with Gasteiger partial charge in [0.05, 0.1) is 12.6 Å². The number of carbonyl (C=O) groups is 1. The summed E-state index contributed by atoms with van der Waals surface area (Å²) in [5, 5.41) is 8.16. The van der Waals surface area contributed by atoms with Crippen molar-refractivity contribution in [2.45, 2.75) is 43.3 Å². The van der Waals surface area contributed by atoms with Crippen LogP contribution in [0.2, 0.25) is 0 Å². The molecule has 0 bridgehead atoms. The van der Waals surface area contributed by atoms with Crippen LogP contribution >= 0.6 is 0 Å². The van der Waals surface area contributed by atoms with Crippen LogP contribution in [0.5, 0.6) is 0 Å². The minimum Gasteiger partial charge on any atom is -0.341 e. The fourth-order valence-corrected chi connectivity index (χ4v) is 3.23. The second-order valence-corrected chi connectivity index (χ2v) is 6.32. The first kappa shape index (κ1) is 17.1. The topological polar surface area (TPSA) is 61.0 Å². The molecular weight excluding hydrogens is 335 g/mol. The first-order chi connectivity index (χ1) is 11.2. The second kappa shape index (κ2) is 5.98. The number of aromatic nitrogens is 2. The van der Waals surface area contributed by atoms with Crippen LogP contribution in [-0.4, -0.2) is 52.6 Å². The summed E-state index contributed by atoms with van der Waals surface area (Å²) >= 11 is 0. The lowest BCUT2D eigenvalue weighted by Crippen LogP contribution is -2.47. The van der Waals surface area contributed by atoms with Gasteiger partial charge in [-0.3, -0.25) is 15.2 Å². The summed E-state index contributed by atoms with van der Waals surface area (Å²) in [6.07, 6.45) is -3.87. The molecule has 2 aliphatic rings. The lowest BCUT2D eigenvalue weighted by atomic mass is 9.94. The van der Waals surface area contributed by atoms with E-state index in [1.807, 2.05) is 0 Å². The third-order valence-corrected chi connectivity index (χ3v) is 4.47. The van der Waals surface area contributed by atoms with Crippen LogP contribution < -0.4 is 5.32 Å². The average molecular weight is 352 g/mol. The third kappa shape index (κ3) is 3.52. The number of H-pyrrole nitrogens is 1. The molecule has 24 heavy (non-hydrogen) atoms. The zero-order chi connectivity index (χ0) is 17.5. The molecular formula is C14H17F5N4O. The predicted octanol–water partition coefficient (Wildman–Crippen LogP) is 2.13. The molecule has 5 nitrogen and oxygen atoms in total. The molecule has 2 N–H and O–H groups in total. The number of hydrogen-bond acceptors (Lipinski definition) is 3. The molecule has 2 aliphatic heterocycles. The van der Waals surface area contributed by atoms with Gasteiger partial charge in [-0.1, -0.05) is 0 Å². The number of halogens is 5. The number of nitrogens with zero attached hydrogens (tertiary/aromatic N) is 2. The Balaban J connectivity index is 1.66. The summed E-state index contributed by atoms with van der Waals surface area (Å²) in [7, 11) is 0. The Morgan fingerprint density at radius 3 is 2.71 bits per heavy atom. The fourth-order valence-electron chi connectivity index (χ4n) is 3.23. The van der Waals surface area contributed by atoms with Gasteiger partial charge in [0, 0.05) is 31.1 Å². The largest absolute Gasteiger partial charge is 0.435 e. The van der Waals surface area contributed by atoms with Gasteiger partial charge < -0.3 is 4.90 Å². The Morgan fingerprint density at radius 2 is 2.12 bits per heavy atom. The zero-order valence-electron chi connectivity index (χ0n) is 12.7. The molecule has 1 aromatic heterocycles. The molecule has 3 heterocycles. The molecule has 134 valence electrons. The summed E-state index contributed by atoms with van der Waals surface area (Å²) < 4.78 is 64.3. The van der Waals surface area contributed by atoms with Gasteiger partial charge in [-0.05, 0) is 18.9 Å². The van der Waals surface area contributed by atoms with E-state index in [9.17, 15) is 26.7 Å². The zero-order valence-corrected chi connectivity index (χ0v) is 12.7. The first-order valence-electron chi connectivity index (χ1n) is 7.68. The van der Waals surface area contributed by atoms with E-state index in [-0.39, 0.29) is 12.5 Å². The Kier molecular flexibility index (Phi) is 4.27. The van der Waals surface area contributed by atoms with Crippen molar-refractivity contribution in [1.29, 1.82) is 0 Å². The number of rotatable bonds is 2. The molecule has 3 rings (SSSR count). The number of nitrogens with one attached hydrogen (secondary N) is 2. The van der Waals surface area contributed by atoms with Crippen molar-refractivity contribution in [2.24, 2.45) is 0 Å². The molecule has 2 fully saturated rings. The van der Waals surface area contributed by atoms with Crippen LogP contribution in [0.1, 0.15) is 36.6 Å². The Morgan fingerprint density at radius 1 is 1.38 bits per heavy atom. The molecule has 1 aromatic rings. The van der Waals surface area contributed by atoms with Crippen LogP contribution in [0, 0.1) is 0 Å². The van der Waals surface area contributed by atoms with Gasteiger partial charge in [-0.2, -0.15) is 18.3 Å². The molecule has 0 aromatic carbocycles. The predicted molar refractivity (Wildman–Crippen MR) is 73.5 cm³/mol. The van der Waals surface area contributed by atoms with Crippen molar-refractivity contribution >= 4 is 5.91 Å². The Labute approximate surface area is 134 Å². The standard InChI is InChI=1S/C14H17F5N4O/c15-13(16)5-10(20-7-13)12(24)23-3-1-2-8(6-23)9-4-11(22-21-9)14(17,18)19/h4,8,10,20H,1-3,5-7H2,(H,21,22). The van der Waals surface area contributed by atoms with Crippen LogP contribution in [0.25, 0.3) is 0 Å². The van der Waals surface area contributed by atoms with E-state index in [1.165, 1.54) is 4.90 Å². The average Bonchev–Trinajstić information content (AvgIpc) is 3.13. The maximum Gasteiger partial charge on any atom is 0.435 e. The van der Waals surface area contributed by atoms with E-state index in [0.717, 1.165) is 6.07 Å². The van der Waals surface area contributed by atoms with Gasteiger partial charge in [0.15, 0.2) is 5.69 Å². The normalized spacial score (nSPS) is 27.5. The number of aromatic amines is 1. The van der Waals surface area contributed by atoms with Crippen molar-refractivity contribution in [3.8, 4) is 0 Å². The lowest BCUT2D eigenvalue weighted by molar-refractivity contribution is -0.141. The molecule has 0 radical (unpaired) electrons. The number of likely N-dealkylation sites (tertiary alicyclic amines) is 1. The van der Waals surface area contributed by atoms with Gasteiger partial charge in [-0.25, -0.2) is 8.78 Å². The monoisotopic (exact) mass is 352 g/mol. The van der Waals surface area contributed by atoms with E-state index in [0.29, 0.717) is 25.1 Å². The van der Waals surface area contributed by atoms with Crippen molar-refractivity contribution < 1.29 is 26.7 Å². The van der Waals surface area contributed by atoms with Gasteiger partial charge in [0.2, 0.25) is 5.91 Å². The minimum atomic E-state index is -4.53. The quantitative estimate of drug-likeness (QED) is 0.802. The van der Waals surface area contributed by atoms with E-state index in [1.54, 1.807) is 0 Å². The van der Waals surface area contributed by atoms with Crippen LogP contribution in [-0.2, 0) is 11.0 Å². The highest BCUT2D eigenvalue weighted by molar-refractivity contribution is 5.82. The van der Waals surface area contributed by atoms with Gasteiger partial charge >= 0.3 is 6.18 Å².